The Balaban J connectivity index is 2.45. The van der Waals surface area contributed by atoms with Crippen LogP contribution in [0.4, 0.5) is 0 Å². The summed E-state index contributed by atoms with van der Waals surface area (Å²) < 4.78 is 0. The third-order valence-electron chi connectivity index (χ3n) is 1.64. The van der Waals surface area contributed by atoms with Gasteiger partial charge in [-0.25, -0.2) is 0 Å². The van der Waals surface area contributed by atoms with Crippen LogP contribution < -0.4 is 5.32 Å². The van der Waals surface area contributed by atoms with Crippen LogP contribution in [0.2, 0.25) is 0 Å². The molecule has 0 aromatic rings. The molecule has 1 aliphatic rings. The number of nitrogens with one attached hydrogen (secondary N) is 1. The van der Waals surface area contributed by atoms with E-state index in [4.69, 9.17) is 0 Å². The minimum absolute atomic E-state index is 0.112. The Morgan fingerprint density at radius 3 is 2.91 bits per heavy atom. The van der Waals surface area contributed by atoms with Crippen LogP contribution in [0.15, 0.2) is 12.2 Å². The summed E-state index contributed by atoms with van der Waals surface area (Å²) in [6.45, 7) is 7.24. The molecule has 3 heteroatoms. The van der Waals surface area contributed by atoms with Crippen molar-refractivity contribution in [3.8, 4) is 0 Å². The summed E-state index contributed by atoms with van der Waals surface area (Å²) in [5.41, 5.74) is 0.672. The summed E-state index contributed by atoms with van der Waals surface area (Å²) in [6, 6.07) is 0. The van der Waals surface area contributed by atoms with Gasteiger partial charge < -0.3 is 5.32 Å². The van der Waals surface area contributed by atoms with Crippen LogP contribution in [0.3, 0.4) is 0 Å². The molecule has 0 radical (unpaired) electrons. The lowest BCUT2D eigenvalue weighted by Gasteiger charge is -2.20. The third-order valence-corrected chi connectivity index (χ3v) is 2.86. The maximum atomic E-state index is 11.3. The van der Waals surface area contributed by atoms with E-state index in [-0.39, 0.29) is 11.0 Å². The molecule has 2 nitrogen and oxygen atoms in total. The first kappa shape index (κ1) is 8.81. The van der Waals surface area contributed by atoms with Crippen LogP contribution in [0.25, 0.3) is 0 Å². The van der Waals surface area contributed by atoms with Gasteiger partial charge in [-0.05, 0) is 12.5 Å². The number of hydrogen-bond acceptors (Lipinski definition) is 3. The molecule has 0 spiro atoms. The normalized spacial score (nSPS) is 24.6. The highest BCUT2D eigenvalue weighted by Gasteiger charge is 2.21. The van der Waals surface area contributed by atoms with Gasteiger partial charge in [-0.1, -0.05) is 6.58 Å². The second kappa shape index (κ2) is 3.93. The monoisotopic (exact) mass is 171 g/mol. The van der Waals surface area contributed by atoms with Crippen LogP contribution in [-0.2, 0) is 4.79 Å². The van der Waals surface area contributed by atoms with Gasteiger partial charge in [0.25, 0.3) is 0 Å². The van der Waals surface area contributed by atoms with Gasteiger partial charge in [0, 0.05) is 18.8 Å². The summed E-state index contributed by atoms with van der Waals surface area (Å²) in [4.78, 5) is 11.3. The fourth-order valence-corrected chi connectivity index (χ4v) is 2.14. The molecular weight excluding hydrogens is 158 g/mol. The molecule has 1 aliphatic heterocycles. The highest BCUT2D eigenvalue weighted by atomic mass is 32.2. The van der Waals surface area contributed by atoms with Gasteiger partial charge in [-0.15, -0.1) is 11.8 Å². The second-order valence-electron chi connectivity index (χ2n) is 2.71. The first-order chi connectivity index (χ1) is 5.22. The summed E-state index contributed by atoms with van der Waals surface area (Å²) in [6.07, 6.45) is 0. The Morgan fingerprint density at radius 1 is 1.73 bits per heavy atom. The highest BCUT2D eigenvalue weighted by Crippen LogP contribution is 2.16. The van der Waals surface area contributed by atoms with Crippen LogP contribution in [0, 0.1) is 0 Å². The molecule has 1 fully saturated rings. The number of thioether (sulfide) groups is 1. The number of carbonyl (C=O) groups is 1. The molecule has 0 aromatic heterocycles. The van der Waals surface area contributed by atoms with Crippen molar-refractivity contribution in [3.05, 3.63) is 12.2 Å². The topological polar surface area (TPSA) is 29.1 Å². The zero-order valence-electron chi connectivity index (χ0n) is 6.72. The van der Waals surface area contributed by atoms with Crippen molar-refractivity contribution in [2.24, 2.45) is 0 Å². The fraction of sp³-hybridized carbons (Fsp3) is 0.625. The molecule has 1 N–H and O–H groups in total. The first-order valence-corrected chi connectivity index (χ1v) is 4.78. The molecule has 1 atom stereocenters. The largest absolute Gasteiger partial charge is 0.314 e. The van der Waals surface area contributed by atoms with E-state index in [2.05, 4.69) is 11.9 Å². The summed E-state index contributed by atoms with van der Waals surface area (Å²) in [5.74, 6) is 1.23. The number of rotatable bonds is 2. The van der Waals surface area contributed by atoms with Gasteiger partial charge in [-0.3, -0.25) is 4.79 Å². The lowest BCUT2D eigenvalue weighted by atomic mass is 10.1. The van der Waals surface area contributed by atoms with E-state index >= 15 is 0 Å². The Bertz CT molecular complexity index is 173. The van der Waals surface area contributed by atoms with Crippen LogP contribution >= 0.6 is 11.8 Å². The van der Waals surface area contributed by atoms with Crippen molar-refractivity contribution >= 4 is 17.5 Å². The number of carbonyl (C=O) groups excluding carboxylic acids is 1. The molecule has 1 saturated heterocycles. The van der Waals surface area contributed by atoms with E-state index < -0.39 is 0 Å². The van der Waals surface area contributed by atoms with Gasteiger partial charge >= 0.3 is 0 Å². The standard InChI is InChI=1S/C8H13NOS/c1-6(2)8(10)7-5-9-3-4-11-7/h7,9H,1,3-5H2,2H3. The van der Waals surface area contributed by atoms with Gasteiger partial charge in [0.15, 0.2) is 5.78 Å². The lowest BCUT2D eigenvalue weighted by Crippen LogP contribution is -2.37. The van der Waals surface area contributed by atoms with Crippen molar-refractivity contribution in [3.63, 3.8) is 0 Å². The quantitative estimate of drug-likeness (QED) is 0.624. The number of Topliss-reactive ketones (excluding diaryl/α,β-unsaturated/α-hetero) is 1. The third kappa shape index (κ3) is 2.34. The van der Waals surface area contributed by atoms with Crippen molar-refractivity contribution in [1.29, 1.82) is 0 Å². The van der Waals surface area contributed by atoms with E-state index in [9.17, 15) is 4.79 Å². The average molecular weight is 171 g/mol. The molecule has 0 bridgehead atoms. The van der Waals surface area contributed by atoms with Crippen molar-refractivity contribution < 1.29 is 4.79 Å². The molecule has 0 aliphatic carbocycles. The number of ketones is 1. The maximum Gasteiger partial charge on any atom is 0.172 e. The zero-order chi connectivity index (χ0) is 8.27. The van der Waals surface area contributed by atoms with Crippen molar-refractivity contribution in [2.75, 3.05) is 18.8 Å². The minimum atomic E-state index is 0.112. The SMILES string of the molecule is C=C(C)C(=O)C1CNCCS1. The Hall–Kier alpha value is -0.280. The Morgan fingerprint density at radius 2 is 2.45 bits per heavy atom. The van der Waals surface area contributed by atoms with Crippen molar-refractivity contribution in [1.82, 2.24) is 5.32 Å². The second-order valence-corrected chi connectivity index (χ2v) is 4.02. The highest BCUT2D eigenvalue weighted by molar-refractivity contribution is 8.00. The summed E-state index contributed by atoms with van der Waals surface area (Å²) in [7, 11) is 0. The smallest absolute Gasteiger partial charge is 0.172 e. The van der Waals surface area contributed by atoms with Gasteiger partial charge in [0.2, 0.25) is 0 Å². The fourth-order valence-electron chi connectivity index (χ4n) is 1.01. The van der Waals surface area contributed by atoms with Crippen LogP contribution in [0.1, 0.15) is 6.92 Å². The van der Waals surface area contributed by atoms with Gasteiger partial charge in [-0.2, -0.15) is 0 Å². The van der Waals surface area contributed by atoms with E-state index in [1.54, 1.807) is 18.7 Å². The van der Waals surface area contributed by atoms with E-state index in [0.717, 1.165) is 18.8 Å². The predicted molar refractivity (Wildman–Crippen MR) is 48.9 cm³/mol. The number of hydrogen-bond donors (Lipinski definition) is 1. The van der Waals surface area contributed by atoms with E-state index in [1.165, 1.54) is 0 Å². The van der Waals surface area contributed by atoms with E-state index in [0.29, 0.717) is 5.57 Å². The van der Waals surface area contributed by atoms with Crippen LogP contribution in [-0.4, -0.2) is 29.9 Å². The Kier molecular flexibility index (Phi) is 3.15. The van der Waals surface area contributed by atoms with Crippen molar-refractivity contribution in [2.45, 2.75) is 12.2 Å². The summed E-state index contributed by atoms with van der Waals surface area (Å²) >= 11 is 1.73. The molecule has 0 aromatic carbocycles. The molecule has 0 amide bonds. The minimum Gasteiger partial charge on any atom is -0.314 e. The molecular formula is C8H13NOS. The Labute approximate surface area is 71.4 Å². The molecule has 0 saturated carbocycles. The van der Waals surface area contributed by atoms with E-state index in [1.807, 2.05) is 0 Å². The van der Waals surface area contributed by atoms with Gasteiger partial charge in [0.1, 0.15) is 0 Å². The summed E-state index contributed by atoms with van der Waals surface area (Å²) in [5, 5.41) is 3.30. The molecule has 62 valence electrons. The maximum absolute atomic E-state index is 11.3. The molecule has 11 heavy (non-hydrogen) atoms. The zero-order valence-corrected chi connectivity index (χ0v) is 7.54. The van der Waals surface area contributed by atoms with Crippen LogP contribution in [0.5, 0.6) is 0 Å². The predicted octanol–water partition coefficient (Wildman–Crippen LogP) is 0.837. The van der Waals surface area contributed by atoms with Gasteiger partial charge in [0.05, 0.1) is 5.25 Å². The lowest BCUT2D eigenvalue weighted by molar-refractivity contribution is -0.115. The molecule has 1 heterocycles. The number of allylic oxidation sites excluding steroid dienone is 1. The average Bonchev–Trinajstić information content (AvgIpc) is 2.05. The first-order valence-electron chi connectivity index (χ1n) is 3.74. The molecule has 1 rings (SSSR count). The molecule has 1 unspecified atom stereocenters.